The molecule has 0 radical (unpaired) electrons. The zero-order valence-corrected chi connectivity index (χ0v) is 10.6. The van der Waals surface area contributed by atoms with E-state index in [1.165, 1.54) is 0 Å². The highest BCUT2D eigenvalue weighted by Gasteiger charge is 2.29. The Kier molecular flexibility index (Phi) is 4.19. The second-order valence-electron chi connectivity index (χ2n) is 4.33. The van der Waals surface area contributed by atoms with Gasteiger partial charge in [-0.15, -0.1) is 0 Å². The van der Waals surface area contributed by atoms with E-state index in [9.17, 15) is 0 Å². The first kappa shape index (κ1) is 12.9. The Balaban J connectivity index is 2.11. The van der Waals surface area contributed by atoms with Crippen LogP contribution in [0.25, 0.3) is 10.4 Å². The molecule has 7 nitrogen and oxygen atoms in total. The van der Waals surface area contributed by atoms with Gasteiger partial charge < -0.3 is 9.47 Å². The Morgan fingerprint density at radius 2 is 2.44 bits per heavy atom. The molecule has 1 aromatic heterocycles. The van der Waals surface area contributed by atoms with Gasteiger partial charge in [0.15, 0.2) is 0 Å². The fourth-order valence-electron chi connectivity index (χ4n) is 2.27. The Labute approximate surface area is 105 Å². The molecule has 2 heterocycles. The molecule has 1 fully saturated rings. The summed E-state index contributed by atoms with van der Waals surface area (Å²) >= 11 is 0. The minimum atomic E-state index is -0.181. The molecule has 0 saturated carbocycles. The number of hydrogen-bond acceptors (Lipinski definition) is 4. The Morgan fingerprint density at radius 3 is 3.06 bits per heavy atom. The van der Waals surface area contributed by atoms with Crippen molar-refractivity contribution in [2.45, 2.75) is 31.1 Å². The average molecular weight is 251 g/mol. The highest BCUT2D eigenvalue weighted by Crippen LogP contribution is 2.29. The van der Waals surface area contributed by atoms with E-state index in [-0.39, 0.29) is 18.2 Å². The van der Waals surface area contributed by atoms with Gasteiger partial charge in [-0.25, -0.2) is 0 Å². The van der Waals surface area contributed by atoms with E-state index >= 15 is 0 Å². The molecule has 1 aliphatic rings. The summed E-state index contributed by atoms with van der Waals surface area (Å²) in [6.07, 6.45) is 3.09. The molecular weight excluding hydrogens is 234 g/mol. The second kappa shape index (κ2) is 5.86. The normalized spacial score (nSPS) is 28.4. The van der Waals surface area contributed by atoms with Gasteiger partial charge in [0.1, 0.15) is 0 Å². The van der Waals surface area contributed by atoms with E-state index < -0.39 is 0 Å². The highest BCUT2D eigenvalue weighted by atomic mass is 16.5. The van der Waals surface area contributed by atoms with Crippen LogP contribution in [0.2, 0.25) is 0 Å². The van der Waals surface area contributed by atoms with Crippen molar-refractivity contribution in [2.24, 2.45) is 12.2 Å². The summed E-state index contributed by atoms with van der Waals surface area (Å²) in [4.78, 5) is 2.88. The monoisotopic (exact) mass is 251 g/mol. The van der Waals surface area contributed by atoms with Gasteiger partial charge in [-0.1, -0.05) is 5.11 Å². The predicted octanol–water partition coefficient (Wildman–Crippen LogP) is 1.97. The molecule has 0 bridgehead atoms. The minimum absolute atomic E-state index is 0.0194. The van der Waals surface area contributed by atoms with E-state index in [1.807, 2.05) is 13.1 Å². The maximum absolute atomic E-state index is 8.57. The maximum atomic E-state index is 8.57. The maximum Gasteiger partial charge on any atom is 0.0992 e. The van der Waals surface area contributed by atoms with Crippen molar-refractivity contribution < 1.29 is 9.47 Å². The topological polar surface area (TPSA) is 85.0 Å². The number of aryl methyl sites for hydroxylation is 1. The van der Waals surface area contributed by atoms with E-state index in [0.717, 1.165) is 18.5 Å². The van der Waals surface area contributed by atoms with Crippen LogP contribution in [-0.2, 0) is 16.5 Å². The summed E-state index contributed by atoms with van der Waals surface area (Å²) in [6.45, 7) is 0.427. The van der Waals surface area contributed by atoms with Gasteiger partial charge in [0.25, 0.3) is 0 Å². The fourth-order valence-corrected chi connectivity index (χ4v) is 2.27. The van der Waals surface area contributed by atoms with Crippen molar-refractivity contribution in [3.8, 4) is 0 Å². The smallest absolute Gasteiger partial charge is 0.0992 e. The number of rotatable bonds is 3. The zero-order valence-electron chi connectivity index (χ0n) is 10.6. The van der Waals surface area contributed by atoms with Gasteiger partial charge >= 0.3 is 0 Å². The molecule has 0 aliphatic carbocycles. The van der Waals surface area contributed by atoms with Crippen molar-refractivity contribution >= 4 is 0 Å². The average Bonchev–Trinajstić information content (AvgIpc) is 2.69. The molecule has 1 aromatic rings. The number of nitrogens with zero attached hydrogens (tertiary/aromatic N) is 5. The molecular formula is C11H17N5O2. The van der Waals surface area contributed by atoms with Gasteiger partial charge in [0.05, 0.1) is 30.6 Å². The van der Waals surface area contributed by atoms with Crippen LogP contribution in [0.1, 0.15) is 24.6 Å². The van der Waals surface area contributed by atoms with Crippen molar-refractivity contribution in [2.75, 3.05) is 13.7 Å². The molecule has 1 aliphatic heterocycles. The molecule has 3 unspecified atom stereocenters. The van der Waals surface area contributed by atoms with Gasteiger partial charge in [0, 0.05) is 25.3 Å². The third-order valence-electron chi connectivity index (χ3n) is 3.31. The predicted molar refractivity (Wildman–Crippen MR) is 64.9 cm³/mol. The van der Waals surface area contributed by atoms with Crippen molar-refractivity contribution in [3.63, 3.8) is 0 Å². The Morgan fingerprint density at radius 1 is 1.61 bits per heavy atom. The van der Waals surface area contributed by atoms with Gasteiger partial charge in [-0.3, -0.25) is 4.68 Å². The summed E-state index contributed by atoms with van der Waals surface area (Å²) in [5.74, 6) is 0. The lowest BCUT2D eigenvalue weighted by Gasteiger charge is -2.18. The Bertz CT molecular complexity index is 440. The molecule has 1 saturated heterocycles. The van der Waals surface area contributed by atoms with Crippen LogP contribution in [0.5, 0.6) is 0 Å². The third kappa shape index (κ3) is 2.64. The van der Waals surface area contributed by atoms with Gasteiger partial charge in [-0.05, 0) is 24.4 Å². The standard InChI is InChI=1S/C11H17N5O2/c1-16-9(5-6-13-16)10-4-3-8(14-15-12)11(17-2)7-18-10/h5-6,8,10-11H,3-4,7H2,1-2H3. The molecule has 2 rings (SSSR count). The largest absolute Gasteiger partial charge is 0.379 e. The quantitative estimate of drug-likeness (QED) is 0.467. The van der Waals surface area contributed by atoms with Crippen LogP contribution >= 0.6 is 0 Å². The van der Waals surface area contributed by atoms with Gasteiger partial charge in [-0.2, -0.15) is 5.10 Å². The summed E-state index contributed by atoms with van der Waals surface area (Å²) < 4.78 is 13.0. The first-order valence-electron chi connectivity index (χ1n) is 5.92. The van der Waals surface area contributed by atoms with E-state index in [2.05, 4.69) is 15.1 Å². The molecule has 98 valence electrons. The number of azide groups is 1. The lowest BCUT2D eigenvalue weighted by molar-refractivity contribution is -0.0213. The van der Waals surface area contributed by atoms with Crippen LogP contribution in [-0.4, -0.2) is 35.6 Å². The summed E-state index contributed by atoms with van der Waals surface area (Å²) in [5.41, 5.74) is 9.60. The molecule has 18 heavy (non-hydrogen) atoms. The summed E-state index contributed by atoms with van der Waals surface area (Å²) in [7, 11) is 3.50. The second-order valence-corrected chi connectivity index (χ2v) is 4.33. The molecule has 0 N–H and O–H groups in total. The Hall–Kier alpha value is -1.56. The van der Waals surface area contributed by atoms with Crippen molar-refractivity contribution in [1.82, 2.24) is 9.78 Å². The number of aromatic nitrogens is 2. The van der Waals surface area contributed by atoms with E-state index in [4.69, 9.17) is 15.0 Å². The van der Waals surface area contributed by atoms with E-state index in [1.54, 1.807) is 18.0 Å². The van der Waals surface area contributed by atoms with Crippen molar-refractivity contribution in [3.05, 3.63) is 28.4 Å². The first-order valence-corrected chi connectivity index (χ1v) is 5.92. The van der Waals surface area contributed by atoms with Crippen molar-refractivity contribution in [1.29, 1.82) is 0 Å². The van der Waals surface area contributed by atoms with Crippen LogP contribution in [0.15, 0.2) is 17.4 Å². The number of hydrogen-bond donors (Lipinski definition) is 0. The lowest BCUT2D eigenvalue weighted by atomic mass is 10.0. The molecule has 0 aromatic carbocycles. The highest BCUT2D eigenvalue weighted by molar-refractivity contribution is 5.05. The van der Waals surface area contributed by atoms with Crippen LogP contribution in [0.3, 0.4) is 0 Å². The number of ether oxygens (including phenoxy) is 2. The molecule has 7 heteroatoms. The third-order valence-corrected chi connectivity index (χ3v) is 3.31. The lowest BCUT2D eigenvalue weighted by Crippen LogP contribution is -2.28. The number of methoxy groups -OCH3 is 1. The minimum Gasteiger partial charge on any atom is -0.379 e. The van der Waals surface area contributed by atoms with Crippen LogP contribution in [0, 0.1) is 0 Å². The first-order chi connectivity index (χ1) is 8.76. The summed E-state index contributed by atoms with van der Waals surface area (Å²) in [5, 5.41) is 7.93. The van der Waals surface area contributed by atoms with E-state index in [0.29, 0.717) is 6.61 Å². The molecule has 0 spiro atoms. The SMILES string of the molecule is COC1COC(c2ccnn2C)CCC1N=[N+]=[N-]. The zero-order chi connectivity index (χ0) is 13.0. The summed E-state index contributed by atoms with van der Waals surface area (Å²) in [6, 6.07) is 1.78. The van der Waals surface area contributed by atoms with Crippen LogP contribution < -0.4 is 0 Å². The van der Waals surface area contributed by atoms with Gasteiger partial charge in [0.2, 0.25) is 0 Å². The fraction of sp³-hybridized carbons (Fsp3) is 0.727. The molecule has 3 atom stereocenters. The molecule has 0 amide bonds. The van der Waals surface area contributed by atoms with Crippen LogP contribution in [0.4, 0.5) is 0 Å².